The van der Waals surface area contributed by atoms with Gasteiger partial charge >= 0.3 is 0 Å². The summed E-state index contributed by atoms with van der Waals surface area (Å²) in [5.41, 5.74) is 2.56. The lowest BCUT2D eigenvalue weighted by atomic mass is 10.1. The summed E-state index contributed by atoms with van der Waals surface area (Å²) in [6.07, 6.45) is 1.55. The Morgan fingerprint density at radius 1 is 1.27 bits per heavy atom. The molecule has 2 heterocycles. The van der Waals surface area contributed by atoms with Crippen LogP contribution in [0, 0.1) is 5.92 Å². The lowest BCUT2D eigenvalue weighted by molar-refractivity contribution is 0.0974. The Balaban J connectivity index is 2.05. The first-order chi connectivity index (χ1) is 10.6. The summed E-state index contributed by atoms with van der Waals surface area (Å²) in [6.45, 7) is 6.36. The summed E-state index contributed by atoms with van der Waals surface area (Å²) in [4.78, 5) is 17.1. The highest BCUT2D eigenvalue weighted by Crippen LogP contribution is 2.33. The highest BCUT2D eigenvalue weighted by molar-refractivity contribution is 6.06. The Morgan fingerprint density at radius 2 is 2.00 bits per heavy atom. The Hall–Kier alpha value is -2.37. The van der Waals surface area contributed by atoms with Gasteiger partial charge in [0.1, 0.15) is 5.69 Å². The maximum Gasteiger partial charge on any atom is 0.278 e. The molecule has 0 aliphatic carbocycles. The van der Waals surface area contributed by atoms with Crippen molar-refractivity contribution in [3.8, 4) is 0 Å². The van der Waals surface area contributed by atoms with Crippen molar-refractivity contribution in [2.45, 2.75) is 20.4 Å². The smallest absolute Gasteiger partial charge is 0.278 e. The average molecular weight is 299 g/mol. The number of para-hydroxylation sites is 2. The van der Waals surface area contributed by atoms with Crippen LogP contribution in [0.5, 0.6) is 0 Å². The van der Waals surface area contributed by atoms with E-state index in [0.717, 1.165) is 17.9 Å². The number of hydrogen-bond donors (Lipinski definition) is 0. The minimum atomic E-state index is -0.0403. The van der Waals surface area contributed by atoms with Crippen molar-refractivity contribution < 1.29 is 4.79 Å². The van der Waals surface area contributed by atoms with E-state index in [0.29, 0.717) is 24.7 Å². The Labute approximate surface area is 130 Å². The fourth-order valence-corrected chi connectivity index (χ4v) is 3.04. The van der Waals surface area contributed by atoms with Gasteiger partial charge in [0.15, 0.2) is 0 Å². The molecule has 6 heteroatoms. The first-order valence-electron chi connectivity index (χ1n) is 7.62. The lowest BCUT2D eigenvalue weighted by Gasteiger charge is -2.24. The maximum atomic E-state index is 13.0. The molecule has 3 rings (SSSR count). The van der Waals surface area contributed by atoms with E-state index < -0.39 is 0 Å². The molecule has 1 aliphatic rings. The van der Waals surface area contributed by atoms with Gasteiger partial charge in [-0.3, -0.25) is 4.79 Å². The summed E-state index contributed by atoms with van der Waals surface area (Å²) in [6, 6.07) is 8.04. The van der Waals surface area contributed by atoms with Crippen molar-refractivity contribution in [2.24, 2.45) is 5.92 Å². The zero-order chi connectivity index (χ0) is 15.7. The number of benzene rings is 1. The normalized spacial score (nSPS) is 18.0. The van der Waals surface area contributed by atoms with Gasteiger partial charge in [0.25, 0.3) is 5.91 Å². The first kappa shape index (κ1) is 14.6. The Morgan fingerprint density at radius 3 is 2.73 bits per heavy atom. The number of carbonyl (C=O) groups excluding carboxylic acids is 1. The summed E-state index contributed by atoms with van der Waals surface area (Å²) in [7, 11) is 2.07. The number of anilines is 2. The van der Waals surface area contributed by atoms with Gasteiger partial charge in [-0.05, 0) is 25.0 Å². The van der Waals surface area contributed by atoms with E-state index in [4.69, 9.17) is 0 Å². The monoisotopic (exact) mass is 299 g/mol. The summed E-state index contributed by atoms with van der Waals surface area (Å²) >= 11 is 0. The maximum absolute atomic E-state index is 13.0. The van der Waals surface area contributed by atoms with Gasteiger partial charge in [0.2, 0.25) is 0 Å². The third kappa shape index (κ3) is 2.45. The number of amides is 1. The van der Waals surface area contributed by atoms with Crippen molar-refractivity contribution in [2.75, 3.05) is 29.9 Å². The molecule has 0 radical (unpaired) electrons. The van der Waals surface area contributed by atoms with E-state index in [2.05, 4.69) is 35.2 Å². The van der Waals surface area contributed by atoms with E-state index in [1.165, 1.54) is 0 Å². The molecule has 0 bridgehead atoms. The molecule has 1 atom stereocenters. The van der Waals surface area contributed by atoms with E-state index in [9.17, 15) is 4.79 Å². The minimum Gasteiger partial charge on any atom is -0.373 e. The van der Waals surface area contributed by atoms with Gasteiger partial charge in [-0.25, -0.2) is 4.68 Å². The Kier molecular flexibility index (Phi) is 3.83. The van der Waals surface area contributed by atoms with Crippen LogP contribution >= 0.6 is 0 Å². The molecular formula is C16H21N5O. The van der Waals surface area contributed by atoms with E-state index >= 15 is 0 Å². The van der Waals surface area contributed by atoms with Crippen molar-refractivity contribution in [1.82, 2.24) is 15.0 Å². The van der Waals surface area contributed by atoms with Crippen molar-refractivity contribution in [1.29, 1.82) is 0 Å². The van der Waals surface area contributed by atoms with Gasteiger partial charge in [0, 0.05) is 26.7 Å². The molecule has 1 aromatic heterocycles. The van der Waals surface area contributed by atoms with Gasteiger partial charge in [-0.2, -0.15) is 0 Å². The summed E-state index contributed by atoms with van der Waals surface area (Å²) in [5, 5.41) is 7.85. The first-order valence-corrected chi connectivity index (χ1v) is 7.62. The fraction of sp³-hybridized carbons (Fsp3) is 0.438. The molecule has 1 aliphatic heterocycles. The molecular weight excluding hydrogens is 278 g/mol. The van der Waals surface area contributed by atoms with E-state index in [1.807, 2.05) is 30.0 Å². The summed E-state index contributed by atoms with van der Waals surface area (Å²) in [5.74, 6) is 0.341. The van der Waals surface area contributed by atoms with E-state index in [-0.39, 0.29) is 5.91 Å². The third-order valence-electron chi connectivity index (χ3n) is 4.05. The second-order valence-electron chi connectivity index (χ2n) is 5.83. The van der Waals surface area contributed by atoms with Crippen molar-refractivity contribution in [3.05, 3.63) is 36.2 Å². The van der Waals surface area contributed by atoms with Crippen molar-refractivity contribution in [3.63, 3.8) is 0 Å². The van der Waals surface area contributed by atoms with Gasteiger partial charge in [-0.15, -0.1) is 5.10 Å². The number of fused-ring (bicyclic) bond motifs is 1. The zero-order valence-corrected chi connectivity index (χ0v) is 13.2. The SMILES string of the molecule is CCn1nncc1C(=O)N1CC(C)CN(C)c2ccccc21. The second kappa shape index (κ2) is 5.79. The number of rotatable bonds is 2. The molecule has 0 saturated heterocycles. The standard InChI is InChI=1S/C16H21N5O/c1-4-21-15(9-17-18-21)16(22)20-11-12(2)10-19(3)13-7-5-6-8-14(13)20/h5-9,12H,4,10-11H2,1-3H3. The number of hydrogen-bond acceptors (Lipinski definition) is 4. The lowest BCUT2D eigenvalue weighted by Crippen LogP contribution is -2.36. The van der Waals surface area contributed by atoms with Crippen LogP contribution in [0.2, 0.25) is 0 Å². The van der Waals surface area contributed by atoms with Crippen LogP contribution in [0.3, 0.4) is 0 Å². The molecule has 1 amide bonds. The van der Waals surface area contributed by atoms with Gasteiger partial charge in [-0.1, -0.05) is 24.3 Å². The van der Waals surface area contributed by atoms with E-state index in [1.54, 1.807) is 10.9 Å². The second-order valence-corrected chi connectivity index (χ2v) is 5.83. The highest BCUT2D eigenvalue weighted by Gasteiger charge is 2.28. The molecule has 2 aromatic rings. The average Bonchev–Trinajstić information content (AvgIpc) is 2.95. The third-order valence-corrected chi connectivity index (χ3v) is 4.05. The number of carbonyl (C=O) groups is 1. The predicted octanol–water partition coefficient (Wildman–Crippen LogP) is 2.03. The van der Waals surface area contributed by atoms with Crippen LogP contribution in [-0.4, -0.2) is 41.0 Å². The van der Waals surface area contributed by atoms with Crippen LogP contribution < -0.4 is 9.80 Å². The highest BCUT2D eigenvalue weighted by atomic mass is 16.2. The molecule has 6 nitrogen and oxygen atoms in total. The van der Waals surface area contributed by atoms with Crippen LogP contribution in [0.4, 0.5) is 11.4 Å². The van der Waals surface area contributed by atoms with Gasteiger partial charge in [0.05, 0.1) is 17.6 Å². The van der Waals surface area contributed by atoms with Crippen LogP contribution in [0.15, 0.2) is 30.5 Å². The largest absolute Gasteiger partial charge is 0.373 e. The summed E-state index contributed by atoms with van der Waals surface area (Å²) < 4.78 is 1.64. The topological polar surface area (TPSA) is 54.3 Å². The van der Waals surface area contributed by atoms with Crippen LogP contribution in [-0.2, 0) is 6.54 Å². The van der Waals surface area contributed by atoms with Crippen LogP contribution in [0.1, 0.15) is 24.3 Å². The molecule has 116 valence electrons. The quantitative estimate of drug-likeness (QED) is 0.851. The predicted molar refractivity (Wildman–Crippen MR) is 86.2 cm³/mol. The fourth-order valence-electron chi connectivity index (χ4n) is 3.04. The number of nitrogens with zero attached hydrogens (tertiary/aromatic N) is 5. The molecule has 0 fully saturated rings. The van der Waals surface area contributed by atoms with Gasteiger partial charge < -0.3 is 9.80 Å². The molecule has 1 aromatic carbocycles. The number of aryl methyl sites for hydroxylation is 1. The molecule has 0 saturated carbocycles. The molecule has 0 spiro atoms. The Bertz CT molecular complexity index is 681. The zero-order valence-electron chi connectivity index (χ0n) is 13.2. The molecule has 22 heavy (non-hydrogen) atoms. The van der Waals surface area contributed by atoms with Crippen LogP contribution in [0.25, 0.3) is 0 Å². The molecule has 1 unspecified atom stereocenters. The van der Waals surface area contributed by atoms with Crippen molar-refractivity contribution >= 4 is 17.3 Å². The molecule has 0 N–H and O–H groups in total. The minimum absolute atomic E-state index is 0.0403. The number of aromatic nitrogens is 3.